The molecule has 0 aliphatic carbocycles. The van der Waals surface area contributed by atoms with E-state index in [9.17, 15) is 0 Å². The molecule has 6 heteroatoms. The number of hydrogen-bond donors (Lipinski definition) is 0. The van der Waals surface area contributed by atoms with Crippen molar-refractivity contribution in [3.05, 3.63) is 54.9 Å². The Labute approximate surface area is 120 Å². The molecule has 102 valence electrons. The lowest BCUT2D eigenvalue weighted by atomic mass is 10.2. The maximum atomic E-state index is 5.87. The number of hydrogen-bond acceptors (Lipinski definition) is 5. The first-order valence-electron chi connectivity index (χ1n) is 6.48. The Balaban J connectivity index is 1.90. The van der Waals surface area contributed by atoms with E-state index < -0.39 is 0 Å². The second-order valence-electron chi connectivity index (χ2n) is 4.74. The Morgan fingerprint density at radius 2 is 2.00 bits per heavy atom. The summed E-state index contributed by atoms with van der Waals surface area (Å²) in [5, 5.41) is 7.64. The highest BCUT2D eigenvalue weighted by molar-refractivity contribution is 5.81. The van der Waals surface area contributed by atoms with Crippen LogP contribution in [0.4, 0.5) is 0 Å². The molecule has 0 aliphatic heterocycles. The first-order valence-corrected chi connectivity index (χ1v) is 6.48. The van der Waals surface area contributed by atoms with E-state index in [0.717, 1.165) is 27.9 Å². The van der Waals surface area contributed by atoms with Gasteiger partial charge in [-0.15, -0.1) is 10.2 Å². The average molecular weight is 277 g/mol. The second kappa shape index (κ2) is 4.52. The van der Waals surface area contributed by atoms with E-state index in [0.29, 0.717) is 5.89 Å². The second-order valence-corrected chi connectivity index (χ2v) is 4.74. The fourth-order valence-electron chi connectivity index (χ4n) is 2.28. The Morgan fingerprint density at radius 3 is 2.76 bits per heavy atom. The van der Waals surface area contributed by atoms with E-state index in [4.69, 9.17) is 4.42 Å². The smallest absolute Gasteiger partial charge is 0.228 e. The molecule has 0 bridgehead atoms. The Hall–Kier alpha value is -3.02. The van der Waals surface area contributed by atoms with Crippen LogP contribution in [0.2, 0.25) is 0 Å². The molecular formula is C15H11N5O. The zero-order chi connectivity index (χ0) is 14.2. The van der Waals surface area contributed by atoms with Gasteiger partial charge in [-0.2, -0.15) is 0 Å². The molecule has 0 N–H and O–H groups in total. The zero-order valence-electron chi connectivity index (χ0n) is 11.3. The van der Waals surface area contributed by atoms with Gasteiger partial charge in [0, 0.05) is 12.4 Å². The minimum atomic E-state index is 0.571. The summed E-state index contributed by atoms with van der Waals surface area (Å²) >= 11 is 0. The predicted octanol–water partition coefficient (Wildman–Crippen LogP) is 2.78. The van der Waals surface area contributed by atoms with Crippen LogP contribution in [0.15, 0.2) is 53.7 Å². The first-order chi connectivity index (χ1) is 10.3. The molecule has 0 saturated heterocycles. The molecular weight excluding hydrogens is 266 g/mol. The summed E-state index contributed by atoms with van der Waals surface area (Å²) in [5.74, 6) is 0.571. The number of oxazole rings is 1. The molecule has 0 radical (unpaired) electrons. The molecule has 0 unspecified atom stereocenters. The van der Waals surface area contributed by atoms with Crippen molar-refractivity contribution in [1.82, 2.24) is 24.7 Å². The standard InChI is InChI=1S/C15H11N5O/c1-10-5-12(20-8-17-18-9-20)6-13-14(10)21-15(19-13)11-3-2-4-16-7-11/h2-9H,1H3. The molecule has 21 heavy (non-hydrogen) atoms. The van der Waals surface area contributed by atoms with Crippen LogP contribution in [-0.2, 0) is 0 Å². The van der Waals surface area contributed by atoms with Gasteiger partial charge in [0.1, 0.15) is 18.2 Å². The number of pyridine rings is 1. The first kappa shape index (κ1) is 11.8. The van der Waals surface area contributed by atoms with Crippen molar-refractivity contribution in [3.8, 4) is 17.1 Å². The lowest BCUT2D eigenvalue weighted by Crippen LogP contribution is -1.91. The van der Waals surface area contributed by atoms with Gasteiger partial charge in [-0.25, -0.2) is 4.98 Å². The molecule has 0 atom stereocenters. The maximum absolute atomic E-state index is 5.87. The Bertz CT molecular complexity index is 897. The minimum absolute atomic E-state index is 0.571. The average Bonchev–Trinajstić information content (AvgIpc) is 3.17. The summed E-state index contributed by atoms with van der Waals surface area (Å²) in [6, 6.07) is 7.76. The quantitative estimate of drug-likeness (QED) is 0.563. The molecule has 3 aromatic heterocycles. The van der Waals surface area contributed by atoms with E-state index in [2.05, 4.69) is 20.2 Å². The molecule has 0 saturated carbocycles. The van der Waals surface area contributed by atoms with E-state index in [1.165, 1.54) is 0 Å². The summed E-state index contributed by atoms with van der Waals surface area (Å²) in [5.41, 5.74) is 4.41. The van der Waals surface area contributed by atoms with Crippen molar-refractivity contribution >= 4 is 11.1 Å². The van der Waals surface area contributed by atoms with E-state index in [-0.39, 0.29) is 0 Å². The van der Waals surface area contributed by atoms with E-state index >= 15 is 0 Å². The Kier molecular flexibility index (Phi) is 2.53. The number of aromatic nitrogens is 5. The van der Waals surface area contributed by atoms with Crippen molar-refractivity contribution in [1.29, 1.82) is 0 Å². The lowest BCUT2D eigenvalue weighted by molar-refractivity contribution is 0.617. The number of fused-ring (bicyclic) bond motifs is 1. The third kappa shape index (κ3) is 1.97. The van der Waals surface area contributed by atoms with Crippen molar-refractivity contribution in [3.63, 3.8) is 0 Å². The van der Waals surface area contributed by atoms with E-state index in [1.807, 2.05) is 35.8 Å². The lowest BCUT2D eigenvalue weighted by Gasteiger charge is -2.02. The molecule has 0 fully saturated rings. The van der Waals surface area contributed by atoms with Gasteiger partial charge in [0.2, 0.25) is 5.89 Å². The van der Waals surface area contributed by atoms with Gasteiger partial charge in [0.25, 0.3) is 0 Å². The summed E-state index contributed by atoms with van der Waals surface area (Å²) in [4.78, 5) is 8.64. The van der Waals surface area contributed by atoms with Crippen molar-refractivity contribution in [2.45, 2.75) is 6.92 Å². The van der Waals surface area contributed by atoms with Crippen LogP contribution < -0.4 is 0 Å². The van der Waals surface area contributed by atoms with Crippen LogP contribution in [0.3, 0.4) is 0 Å². The monoisotopic (exact) mass is 277 g/mol. The number of rotatable bonds is 2. The fraction of sp³-hybridized carbons (Fsp3) is 0.0667. The highest BCUT2D eigenvalue weighted by Crippen LogP contribution is 2.27. The number of nitrogens with zero attached hydrogens (tertiary/aromatic N) is 5. The molecule has 4 aromatic rings. The minimum Gasteiger partial charge on any atom is -0.436 e. The molecule has 0 amide bonds. The van der Waals surface area contributed by atoms with Gasteiger partial charge in [0.05, 0.1) is 11.3 Å². The van der Waals surface area contributed by atoms with Crippen LogP contribution >= 0.6 is 0 Å². The third-order valence-electron chi connectivity index (χ3n) is 3.29. The highest BCUT2D eigenvalue weighted by atomic mass is 16.3. The van der Waals surface area contributed by atoms with Crippen LogP contribution in [-0.4, -0.2) is 24.7 Å². The van der Waals surface area contributed by atoms with Crippen LogP contribution in [0.1, 0.15) is 5.56 Å². The van der Waals surface area contributed by atoms with Crippen molar-refractivity contribution in [2.24, 2.45) is 0 Å². The fourth-order valence-corrected chi connectivity index (χ4v) is 2.28. The van der Waals surface area contributed by atoms with Gasteiger partial charge >= 0.3 is 0 Å². The zero-order valence-corrected chi connectivity index (χ0v) is 11.3. The van der Waals surface area contributed by atoms with Gasteiger partial charge < -0.3 is 4.42 Å². The summed E-state index contributed by atoms with van der Waals surface area (Å²) in [6.07, 6.45) is 6.77. The summed E-state index contributed by atoms with van der Waals surface area (Å²) in [6.45, 7) is 1.99. The van der Waals surface area contributed by atoms with Crippen LogP contribution in [0, 0.1) is 6.92 Å². The largest absolute Gasteiger partial charge is 0.436 e. The highest BCUT2D eigenvalue weighted by Gasteiger charge is 2.12. The maximum Gasteiger partial charge on any atom is 0.228 e. The van der Waals surface area contributed by atoms with Gasteiger partial charge in [-0.05, 0) is 36.8 Å². The van der Waals surface area contributed by atoms with Crippen LogP contribution in [0.25, 0.3) is 28.2 Å². The third-order valence-corrected chi connectivity index (χ3v) is 3.29. The molecule has 6 nitrogen and oxygen atoms in total. The van der Waals surface area contributed by atoms with Crippen molar-refractivity contribution < 1.29 is 4.42 Å². The van der Waals surface area contributed by atoms with Gasteiger partial charge in [0.15, 0.2) is 5.58 Å². The molecule has 3 heterocycles. The topological polar surface area (TPSA) is 69.6 Å². The molecule has 0 spiro atoms. The summed E-state index contributed by atoms with van der Waals surface area (Å²) < 4.78 is 7.70. The van der Waals surface area contributed by atoms with Crippen molar-refractivity contribution in [2.75, 3.05) is 0 Å². The molecule has 0 aliphatic rings. The van der Waals surface area contributed by atoms with E-state index in [1.54, 1.807) is 25.0 Å². The molecule has 4 rings (SSSR count). The van der Waals surface area contributed by atoms with Gasteiger partial charge in [-0.1, -0.05) is 0 Å². The predicted molar refractivity (Wildman–Crippen MR) is 76.9 cm³/mol. The number of benzene rings is 1. The normalized spacial score (nSPS) is 11.1. The SMILES string of the molecule is Cc1cc(-n2cnnc2)cc2nc(-c3cccnc3)oc12. The van der Waals surface area contributed by atoms with Crippen LogP contribution in [0.5, 0.6) is 0 Å². The summed E-state index contributed by atoms with van der Waals surface area (Å²) in [7, 11) is 0. The van der Waals surface area contributed by atoms with Gasteiger partial charge in [-0.3, -0.25) is 9.55 Å². The molecule has 1 aromatic carbocycles. The number of aryl methyl sites for hydroxylation is 1. The Morgan fingerprint density at radius 1 is 1.14 bits per heavy atom.